The Labute approximate surface area is 171 Å². The number of hydrogen-bond acceptors (Lipinski definition) is 5. The van der Waals surface area contributed by atoms with Gasteiger partial charge >= 0.3 is 0 Å². The minimum absolute atomic E-state index is 0.182. The first-order chi connectivity index (χ1) is 14.1. The van der Waals surface area contributed by atoms with Gasteiger partial charge in [-0.15, -0.1) is 10.2 Å². The maximum absolute atomic E-state index is 12.3. The van der Waals surface area contributed by atoms with Crippen LogP contribution in [0.25, 0.3) is 0 Å². The molecule has 0 unspecified atom stereocenters. The number of carbonyl (C=O) groups excluding carboxylic acids is 1. The molecular weight excluding hydrogens is 362 g/mol. The van der Waals surface area contributed by atoms with Crippen molar-refractivity contribution in [1.82, 2.24) is 10.2 Å². The second kappa shape index (κ2) is 8.31. The summed E-state index contributed by atoms with van der Waals surface area (Å²) in [6, 6.07) is 19.8. The maximum Gasteiger partial charge on any atom is 0.256 e. The second-order valence-electron chi connectivity index (χ2n) is 7.41. The van der Waals surface area contributed by atoms with Crippen LogP contribution in [0.3, 0.4) is 0 Å². The zero-order valence-corrected chi connectivity index (χ0v) is 16.8. The molecule has 1 aliphatic rings. The number of piperazine rings is 1. The van der Waals surface area contributed by atoms with Gasteiger partial charge in [0.1, 0.15) is 0 Å². The highest BCUT2D eigenvalue weighted by atomic mass is 16.1. The van der Waals surface area contributed by atoms with Crippen molar-refractivity contribution in [2.45, 2.75) is 13.8 Å². The minimum atomic E-state index is -0.182. The van der Waals surface area contributed by atoms with E-state index in [1.54, 1.807) is 18.2 Å². The molecule has 1 fully saturated rings. The smallest absolute Gasteiger partial charge is 0.256 e. The predicted molar refractivity (Wildman–Crippen MR) is 117 cm³/mol. The van der Waals surface area contributed by atoms with E-state index < -0.39 is 0 Å². The summed E-state index contributed by atoms with van der Waals surface area (Å²) in [4.78, 5) is 16.9. The number of hydrogen-bond donors (Lipinski definition) is 1. The number of anilines is 3. The molecule has 0 radical (unpaired) electrons. The summed E-state index contributed by atoms with van der Waals surface area (Å²) in [5, 5.41) is 11.3. The molecule has 4 rings (SSSR count). The largest absolute Gasteiger partial charge is 0.368 e. The van der Waals surface area contributed by atoms with Crippen LogP contribution in [0.15, 0.2) is 60.7 Å². The number of carbonyl (C=O) groups is 1. The van der Waals surface area contributed by atoms with Crippen molar-refractivity contribution >= 4 is 23.2 Å². The van der Waals surface area contributed by atoms with Crippen molar-refractivity contribution in [3.63, 3.8) is 0 Å². The van der Waals surface area contributed by atoms with Gasteiger partial charge in [0.25, 0.3) is 5.91 Å². The Balaban J connectivity index is 1.35. The van der Waals surface area contributed by atoms with Crippen molar-refractivity contribution < 1.29 is 4.79 Å². The van der Waals surface area contributed by atoms with Crippen LogP contribution in [0, 0.1) is 13.8 Å². The first-order valence-corrected chi connectivity index (χ1v) is 9.87. The molecule has 2 heterocycles. The normalized spacial score (nSPS) is 14.0. The molecule has 1 aromatic heterocycles. The molecule has 1 saturated heterocycles. The van der Waals surface area contributed by atoms with Gasteiger partial charge in [0, 0.05) is 37.4 Å². The third-order valence-corrected chi connectivity index (χ3v) is 5.18. The molecule has 6 nitrogen and oxygen atoms in total. The van der Waals surface area contributed by atoms with E-state index >= 15 is 0 Å². The van der Waals surface area contributed by atoms with Gasteiger partial charge in [-0.05, 0) is 55.8 Å². The molecule has 1 aliphatic heterocycles. The van der Waals surface area contributed by atoms with Crippen LogP contribution >= 0.6 is 0 Å². The monoisotopic (exact) mass is 387 g/mol. The standard InChI is InChI=1S/C23H25N5O/c1-17-6-8-19(9-7-17)23(29)24-21-10-11-22(26-25-21)28-14-12-27(13-15-28)20-5-3-4-18(2)16-20/h3-11,16H,12-15H2,1-2H3,(H,24,25,29). The van der Waals surface area contributed by atoms with Gasteiger partial charge in [0.15, 0.2) is 11.6 Å². The van der Waals surface area contributed by atoms with E-state index in [1.165, 1.54) is 11.3 Å². The van der Waals surface area contributed by atoms with Crippen molar-refractivity contribution in [2.24, 2.45) is 0 Å². The van der Waals surface area contributed by atoms with Gasteiger partial charge in [-0.3, -0.25) is 4.79 Å². The molecule has 1 amide bonds. The molecule has 0 aliphatic carbocycles. The van der Waals surface area contributed by atoms with Gasteiger partial charge in [0.05, 0.1) is 0 Å². The topological polar surface area (TPSA) is 61.4 Å². The van der Waals surface area contributed by atoms with Gasteiger partial charge in [-0.1, -0.05) is 29.8 Å². The summed E-state index contributed by atoms with van der Waals surface area (Å²) in [5.74, 6) is 1.11. The lowest BCUT2D eigenvalue weighted by Gasteiger charge is -2.36. The summed E-state index contributed by atoms with van der Waals surface area (Å²) < 4.78 is 0. The lowest BCUT2D eigenvalue weighted by molar-refractivity contribution is 0.102. The first kappa shape index (κ1) is 18.9. The number of aromatic nitrogens is 2. The van der Waals surface area contributed by atoms with E-state index in [4.69, 9.17) is 0 Å². The third kappa shape index (κ3) is 4.54. The molecule has 0 saturated carbocycles. The fourth-order valence-corrected chi connectivity index (χ4v) is 3.47. The van der Waals surface area contributed by atoms with Crippen LogP contribution in [0.4, 0.5) is 17.3 Å². The summed E-state index contributed by atoms with van der Waals surface area (Å²) in [6.07, 6.45) is 0. The fourth-order valence-electron chi connectivity index (χ4n) is 3.47. The maximum atomic E-state index is 12.3. The first-order valence-electron chi connectivity index (χ1n) is 9.87. The molecule has 0 bridgehead atoms. The lowest BCUT2D eigenvalue weighted by atomic mass is 10.1. The van der Waals surface area contributed by atoms with Crippen LogP contribution < -0.4 is 15.1 Å². The molecule has 29 heavy (non-hydrogen) atoms. The Morgan fingerprint density at radius 2 is 1.55 bits per heavy atom. The Morgan fingerprint density at radius 1 is 0.828 bits per heavy atom. The molecule has 1 N–H and O–H groups in total. The van der Waals surface area contributed by atoms with Crippen molar-refractivity contribution in [3.8, 4) is 0 Å². The quantitative estimate of drug-likeness (QED) is 0.740. The number of amides is 1. The van der Waals surface area contributed by atoms with Crippen molar-refractivity contribution in [3.05, 3.63) is 77.4 Å². The minimum Gasteiger partial charge on any atom is -0.368 e. The molecule has 0 atom stereocenters. The number of nitrogens with one attached hydrogen (secondary N) is 1. The van der Waals surface area contributed by atoms with Crippen LogP contribution in [-0.2, 0) is 0 Å². The molecule has 0 spiro atoms. The Hall–Kier alpha value is -3.41. The molecule has 6 heteroatoms. The van der Waals surface area contributed by atoms with Gasteiger partial charge in [-0.2, -0.15) is 0 Å². The number of nitrogens with zero attached hydrogens (tertiary/aromatic N) is 4. The molecule has 3 aromatic rings. The zero-order chi connectivity index (χ0) is 20.2. The fraction of sp³-hybridized carbons (Fsp3) is 0.261. The van der Waals surface area contributed by atoms with E-state index in [2.05, 4.69) is 56.5 Å². The zero-order valence-electron chi connectivity index (χ0n) is 16.8. The average Bonchev–Trinajstić information content (AvgIpc) is 2.75. The average molecular weight is 387 g/mol. The van der Waals surface area contributed by atoms with E-state index in [0.717, 1.165) is 37.6 Å². The number of aryl methyl sites for hydroxylation is 2. The molecule has 2 aromatic carbocycles. The van der Waals surface area contributed by atoms with Gasteiger partial charge in [-0.25, -0.2) is 0 Å². The van der Waals surface area contributed by atoms with E-state index in [-0.39, 0.29) is 5.91 Å². The van der Waals surface area contributed by atoms with Gasteiger partial charge < -0.3 is 15.1 Å². The van der Waals surface area contributed by atoms with Gasteiger partial charge in [0.2, 0.25) is 0 Å². The van der Waals surface area contributed by atoms with E-state index in [9.17, 15) is 4.79 Å². The summed E-state index contributed by atoms with van der Waals surface area (Å²) in [5.41, 5.74) is 4.27. The Bertz CT molecular complexity index is 977. The van der Waals surface area contributed by atoms with Crippen LogP contribution in [0.1, 0.15) is 21.5 Å². The van der Waals surface area contributed by atoms with Crippen molar-refractivity contribution in [2.75, 3.05) is 41.3 Å². The second-order valence-corrected chi connectivity index (χ2v) is 7.41. The third-order valence-electron chi connectivity index (χ3n) is 5.18. The van der Waals surface area contributed by atoms with E-state index in [1.807, 2.05) is 25.1 Å². The van der Waals surface area contributed by atoms with Crippen LogP contribution in [0.5, 0.6) is 0 Å². The summed E-state index contributed by atoms with van der Waals surface area (Å²) >= 11 is 0. The lowest BCUT2D eigenvalue weighted by Crippen LogP contribution is -2.46. The molecule has 148 valence electrons. The van der Waals surface area contributed by atoms with E-state index in [0.29, 0.717) is 11.4 Å². The number of rotatable bonds is 4. The molecular formula is C23H25N5O. The highest BCUT2D eigenvalue weighted by Crippen LogP contribution is 2.20. The Kier molecular flexibility index (Phi) is 5.42. The van der Waals surface area contributed by atoms with Crippen LogP contribution in [0.2, 0.25) is 0 Å². The van der Waals surface area contributed by atoms with Crippen LogP contribution in [-0.4, -0.2) is 42.3 Å². The number of benzene rings is 2. The Morgan fingerprint density at radius 3 is 2.21 bits per heavy atom. The SMILES string of the molecule is Cc1ccc(C(=O)Nc2ccc(N3CCN(c4cccc(C)c4)CC3)nn2)cc1. The summed E-state index contributed by atoms with van der Waals surface area (Å²) in [6.45, 7) is 7.77. The highest BCUT2D eigenvalue weighted by Gasteiger charge is 2.19. The summed E-state index contributed by atoms with van der Waals surface area (Å²) in [7, 11) is 0. The highest BCUT2D eigenvalue weighted by molar-refractivity contribution is 6.03. The predicted octanol–water partition coefficient (Wildman–Crippen LogP) is 3.67. The van der Waals surface area contributed by atoms with Crippen molar-refractivity contribution in [1.29, 1.82) is 0 Å².